The molecule has 0 saturated heterocycles. The lowest BCUT2D eigenvalue weighted by Gasteiger charge is -2.23. The van der Waals surface area contributed by atoms with E-state index < -0.39 is 17.8 Å². The van der Waals surface area contributed by atoms with Gasteiger partial charge in [0.2, 0.25) is 0 Å². The number of fused-ring (bicyclic) bond motifs is 1. The number of carbonyl (C=O) groups excluding carboxylic acids is 1. The summed E-state index contributed by atoms with van der Waals surface area (Å²) in [4.78, 5) is 18.7. The fourth-order valence-electron chi connectivity index (χ4n) is 3.42. The first-order valence-corrected chi connectivity index (χ1v) is 10.1. The molecule has 32 heavy (non-hydrogen) atoms. The number of rotatable bonds is 6. The van der Waals surface area contributed by atoms with Crippen LogP contribution < -0.4 is 0 Å². The SMILES string of the molecule is C[C@H](CCc1ccco1)N(C)C(=O)c1cc2nc(-c3ccccc3)cc(C(F)(F)F)n2n1. The molecular formula is C23H21F3N4O2. The summed E-state index contributed by atoms with van der Waals surface area (Å²) >= 11 is 0. The quantitative estimate of drug-likeness (QED) is 0.417. The van der Waals surface area contributed by atoms with Crippen LogP contribution in [0.1, 0.15) is 35.3 Å². The zero-order chi connectivity index (χ0) is 22.9. The van der Waals surface area contributed by atoms with Gasteiger partial charge in [-0.15, -0.1) is 0 Å². The molecule has 1 amide bonds. The minimum Gasteiger partial charge on any atom is -0.469 e. The van der Waals surface area contributed by atoms with Crippen LogP contribution in [0, 0.1) is 0 Å². The zero-order valence-corrected chi connectivity index (χ0v) is 17.5. The predicted molar refractivity (Wildman–Crippen MR) is 112 cm³/mol. The van der Waals surface area contributed by atoms with Crippen molar-refractivity contribution in [2.75, 3.05) is 7.05 Å². The van der Waals surface area contributed by atoms with Gasteiger partial charge in [-0.2, -0.15) is 18.3 Å². The summed E-state index contributed by atoms with van der Waals surface area (Å²) in [5.41, 5.74) is -0.434. The molecule has 0 spiro atoms. The van der Waals surface area contributed by atoms with Crippen molar-refractivity contribution >= 4 is 11.6 Å². The smallest absolute Gasteiger partial charge is 0.433 e. The number of benzene rings is 1. The number of hydrogen-bond acceptors (Lipinski definition) is 4. The van der Waals surface area contributed by atoms with Crippen molar-refractivity contribution in [3.8, 4) is 11.3 Å². The van der Waals surface area contributed by atoms with Crippen LogP contribution in [-0.2, 0) is 12.6 Å². The van der Waals surface area contributed by atoms with Crippen LogP contribution in [0.3, 0.4) is 0 Å². The van der Waals surface area contributed by atoms with Crippen molar-refractivity contribution in [3.63, 3.8) is 0 Å². The Morgan fingerprint density at radius 2 is 1.91 bits per heavy atom. The molecule has 0 aliphatic heterocycles. The van der Waals surface area contributed by atoms with Crippen molar-refractivity contribution in [1.29, 1.82) is 0 Å². The summed E-state index contributed by atoms with van der Waals surface area (Å²) in [5, 5.41) is 3.95. The van der Waals surface area contributed by atoms with Crippen molar-refractivity contribution < 1.29 is 22.4 Å². The maximum absolute atomic E-state index is 13.8. The topological polar surface area (TPSA) is 63.6 Å². The number of amides is 1. The Bertz CT molecular complexity index is 1220. The van der Waals surface area contributed by atoms with Crippen molar-refractivity contribution in [2.24, 2.45) is 0 Å². The zero-order valence-electron chi connectivity index (χ0n) is 17.5. The molecule has 166 valence electrons. The maximum atomic E-state index is 13.8. The number of furan rings is 1. The van der Waals surface area contributed by atoms with Crippen molar-refractivity contribution in [3.05, 3.63) is 78.0 Å². The molecule has 3 aromatic heterocycles. The second-order valence-electron chi connectivity index (χ2n) is 7.57. The molecule has 0 unspecified atom stereocenters. The van der Waals surface area contributed by atoms with E-state index in [0.717, 1.165) is 11.8 Å². The predicted octanol–water partition coefficient (Wildman–Crippen LogP) is 5.10. The normalized spacial score (nSPS) is 12.8. The summed E-state index contributed by atoms with van der Waals surface area (Å²) < 4.78 is 47.2. The molecule has 0 fully saturated rings. The van der Waals surface area contributed by atoms with Gasteiger partial charge in [-0.05, 0) is 31.5 Å². The third kappa shape index (κ3) is 4.37. The van der Waals surface area contributed by atoms with E-state index >= 15 is 0 Å². The van der Waals surface area contributed by atoms with Gasteiger partial charge < -0.3 is 9.32 Å². The van der Waals surface area contributed by atoms with Gasteiger partial charge in [0.25, 0.3) is 5.91 Å². The molecule has 0 saturated carbocycles. The first kappa shape index (κ1) is 21.6. The highest BCUT2D eigenvalue weighted by Gasteiger charge is 2.36. The van der Waals surface area contributed by atoms with Gasteiger partial charge in [0.05, 0.1) is 12.0 Å². The summed E-state index contributed by atoms with van der Waals surface area (Å²) in [6, 6.07) is 14.3. The summed E-state index contributed by atoms with van der Waals surface area (Å²) in [6.45, 7) is 1.86. The number of nitrogens with zero attached hydrogens (tertiary/aromatic N) is 4. The fourth-order valence-corrected chi connectivity index (χ4v) is 3.42. The Morgan fingerprint density at radius 3 is 2.56 bits per heavy atom. The molecule has 6 nitrogen and oxygen atoms in total. The summed E-state index contributed by atoms with van der Waals surface area (Å²) in [5.74, 6) is 0.328. The molecule has 0 radical (unpaired) electrons. The van der Waals surface area contributed by atoms with E-state index in [1.54, 1.807) is 49.7 Å². The molecule has 0 bridgehead atoms. The second kappa shape index (κ2) is 8.49. The molecule has 4 aromatic rings. The standard InChI is InChI=1S/C23H21F3N4O2/c1-15(10-11-17-9-6-12-32-17)29(2)22(31)19-14-21-27-18(16-7-4-3-5-8-16)13-20(23(24,25)26)30(21)28-19/h3-9,12-15H,10-11H2,1-2H3/t15-/m1/s1. The fraction of sp³-hybridized carbons (Fsp3) is 0.261. The Labute approximate surface area is 182 Å². The number of hydrogen-bond donors (Lipinski definition) is 0. The molecule has 0 aliphatic carbocycles. The van der Waals surface area contributed by atoms with E-state index in [4.69, 9.17) is 4.42 Å². The Kier molecular flexibility index (Phi) is 5.73. The lowest BCUT2D eigenvalue weighted by molar-refractivity contribution is -0.142. The van der Waals surface area contributed by atoms with Gasteiger partial charge in [-0.25, -0.2) is 9.50 Å². The van der Waals surface area contributed by atoms with Gasteiger partial charge in [0.1, 0.15) is 5.76 Å². The highest BCUT2D eigenvalue weighted by atomic mass is 19.4. The van der Waals surface area contributed by atoms with E-state index in [2.05, 4.69) is 10.1 Å². The van der Waals surface area contributed by atoms with Gasteiger partial charge in [-0.1, -0.05) is 30.3 Å². The molecule has 0 aliphatic rings. The first-order valence-electron chi connectivity index (χ1n) is 10.1. The van der Waals surface area contributed by atoms with Gasteiger partial charge >= 0.3 is 6.18 Å². The summed E-state index contributed by atoms with van der Waals surface area (Å²) in [7, 11) is 1.60. The third-order valence-electron chi connectivity index (χ3n) is 5.38. The Balaban J connectivity index is 1.65. The van der Waals surface area contributed by atoms with Crippen LogP contribution in [0.5, 0.6) is 0 Å². The lowest BCUT2D eigenvalue weighted by atomic mass is 10.1. The second-order valence-corrected chi connectivity index (χ2v) is 7.57. The number of aryl methyl sites for hydroxylation is 1. The molecule has 4 rings (SSSR count). The maximum Gasteiger partial charge on any atom is 0.433 e. The highest BCUT2D eigenvalue weighted by molar-refractivity contribution is 5.93. The molecule has 1 atom stereocenters. The van der Waals surface area contributed by atoms with E-state index in [0.29, 0.717) is 22.9 Å². The average Bonchev–Trinajstić information content (AvgIpc) is 3.45. The van der Waals surface area contributed by atoms with Crippen LogP contribution in [0.2, 0.25) is 0 Å². The first-order chi connectivity index (χ1) is 15.2. The molecule has 9 heteroatoms. The van der Waals surface area contributed by atoms with Gasteiger partial charge in [0.15, 0.2) is 17.0 Å². The monoisotopic (exact) mass is 442 g/mol. The highest BCUT2D eigenvalue weighted by Crippen LogP contribution is 2.32. The number of halogens is 3. The van der Waals surface area contributed by atoms with Gasteiger partial charge in [0, 0.05) is 31.1 Å². The van der Waals surface area contributed by atoms with E-state index in [1.165, 1.54) is 11.0 Å². The summed E-state index contributed by atoms with van der Waals surface area (Å²) in [6.07, 6.45) is -1.82. The Morgan fingerprint density at radius 1 is 1.16 bits per heavy atom. The largest absolute Gasteiger partial charge is 0.469 e. The minimum atomic E-state index is -4.67. The van der Waals surface area contributed by atoms with Crippen LogP contribution in [0.15, 0.2) is 65.3 Å². The molecule has 3 heterocycles. The van der Waals surface area contributed by atoms with Crippen LogP contribution in [0.4, 0.5) is 13.2 Å². The Hall–Kier alpha value is -3.62. The lowest BCUT2D eigenvalue weighted by Crippen LogP contribution is -2.35. The van der Waals surface area contributed by atoms with Crippen molar-refractivity contribution in [1.82, 2.24) is 19.5 Å². The molecule has 0 N–H and O–H groups in total. The van der Waals surface area contributed by atoms with Crippen molar-refractivity contribution in [2.45, 2.75) is 32.0 Å². The number of carbonyl (C=O) groups is 1. The van der Waals surface area contributed by atoms with Crippen LogP contribution in [-0.4, -0.2) is 38.5 Å². The molecule has 1 aromatic carbocycles. The average molecular weight is 442 g/mol. The van der Waals surface area contributed by atoms with E-state index in [-0.39, 0.29) is 23.1 Å². The minimum absolute atomic E-state index is 0.0429. The van der Waals surface area contributed by atoms with Crippen LogP contribution >= 0.6 is 0 Å². The molecular weight excluding hydrogens is 421 g/mol. The number of alkyl halides is 3. The van der Waals surface area contributed by atoms with Gasteiger partial charge in [-0.3, -0.25) is 4.79 Å². The number of aromatic nitrogens is 3. The van der Waals surface area contributed by atoms with Crippen LogP contribution in [0.25, 0.3) is 16.9 Å². The van der Waals surface area contributed by atoms with E-state index in [1.807, 2.05) is 13.0 Å². The van der Waals surface area contributed by atoms with E-state index in [9.17, 15) is 18.0 Å². The third-order valence-corrected chi connectivity index (χ3v) is 5.38.